The molecule has 1 saturated heterocycles. The van der Waals surface area contributed by atoms with Crippen molar-refractivity contribution >= 4 is 0 Å². The van der Waals surface area contributed by atoms with Crippen LogP contribution >= 0.6 is 0 Å². The second-order valence-electron chi connectivity index (χ2n) is 6.22. The van der Waals surface area contributed by atoms with Crippen molar-refractivity contribution in [1.82, 2.24) is 15.0 Å². The van der Waals surface area contributed by atoms with E-state index in [0.717, 1.165) is 45.5 Å². The third-order valence-corrected chi connectivity index (χ3v) is 4.11. The van der Waals surface area contributed by atoms with Crippen molar-refractivity contribution < 1.29 is 9.26 Å². The molecule has 1 aliphatic rings. The van der Waals surface area contributed by atoms with Gasteiger partial charge in [0, 0.05) is 25.6 Å². The molecule has 0 radical (unpaired) electrons. The molecular formula is C15H28N4O2. The molecule has 21 heavy (non-hydrogen) atoms. The van der Waals surface area contributed by atoms with E-state index in [0.29, 0.717) is 23.7 Å². The van der Waals surface area contributed by atoms with Gasteiger partial charge in [0.1, 0.15) is 6.10 Å². The van der Waals surface area contributed by atoms with E-state index in [1.165, 1.54) is 0 Å². The first-order valence-corrected chi connectivity index (χ1v) is 7.98. The fourth-order valence-electron chi connectivity index (χ4n) is 2.59. The largest absolute Gasteiger partial charge is 0.367 e. The number of nitrogens with two attached hydrogens (primary N) is 1. The molecule has 6 heteroatoms. The Morgan fingerprint density at radius 2 is 2.14 bits per heavy atom. The molecule has 0 aromatic carbocycles. The number of ether oxygens (including phenoxy) is 1. The van der Waals surface area contributed by atoms with Gasteiger partial charge in [0.25, 0.3) is 0 Å². The minimum Gasteiger partial charge on any atom is -0.367 e. The van der Waals surface area contributed by atoms with Gasteiger partial charge in [-0.3, -0.25) is 4.90 Å². The number of rotatable bonds is 7. The molecule has 6 nitrogen and oxygen atoms in total. The third kappa shape index (κ3) is 4.76. The van der Waals surface area contributed by atoms with E-state index in [-0.39, 0.29) is 6.10 Å². The van der Waals surface area contributed by atoms with Crippen LogP contribution < -0.4 is 5.73 Å². The van der Waals surface area contributed by atoms with E-state index >= 15 is 0 Å². The molecule has 0 amide bonds. The first-order chi connectivity index (χ1) is 10.1. The molecule has 2 heterocycles. The summed E-state index contributed by atoms with van der Waals surface area (Å²) in [5.41, 5.74) is 5.56. The monoisotopic (exact) mass is 296 g/mol. The fourth-order valence-corrected chi connectivity index (χ4v) is 2.59. The van der Waals surface area contributed by atoms with Crippen LogP contribution in [0, 0.1) is 5.92 Å². The molecule has 1 fully saturated rings. The van der Waals surface area contributed by atoms with Crippen LogP contribution in [0.2, 0.25) is 0 Å². The van der Waals surface area contributed by atoms with Crippen molar-refractivity contribution in [1.29, 1.82) is 0 Å². The molecule has 0 saturated carbocycles. The molecule has 2 rings (SSSR count). The lowest BCUT2D eigenvalue weighted by Crippen LogP contribution is -2.42. The van der Waals surface area contributed by atoms with Gasteiger partial charge in [-0.05, 0) is 39.2 Å². The van der Waals surface area contributed by atoms with Crippen LogP contribution in [0.4, 0.5) is 0 Å². The summed E-state index contributed by atoms with van der Waals surface area (Å²) in [7, 11) is 0. The maximum atomic E-state index is 5.78. The van der Waals surface area contributed by atoms with Gasteiger partial charge in [-0.25, -0.2) is 0 Å². The second-order valence-corrected chi connectivity index (χ2v) is 6.22. The summed E-state index contributed by atoms with van der Waals surface area (Å²) in [6.07, 6.45) is 2.81. The van der Waals surface area contributed by atoms with Crippen molar-refractivity contribution in [3.63, 3.8) is 0 Å². The molecule has 2 unspecified atom stereocenters. The first kappa shape index (κ1) is 16.4. The van der Waals surface area contributed by atoms with E-state index in [2.05, 4.69) is 35.8 Å². The Kier molecular flexibility index (Phi) is 6.14. The standard InChI is InChI=1S/C15H28N4O2/c1-11(2)19-8-9-20-13(10-19)15-17-14(21-18-15)5-4-12(3)6-7-16/h11-13H,4-10,16H2,1-3H3. The highest BCUT2D eigenvalue weighted by atomic mass is 16.5. The Bertz CT molecular complexity index is 422. The van der Waals surface area contributed by atoms with E-state index < -0.39 is 0 Å². The highest BCUT2D eigenvalue weighted by molar-refractivity contribution is 4.94. The number of nitrogens with zero attached hydrogens (tertiary/aromatic N) is 3. The van der Waals surface area contributed by atoms with Crippen LogP contribution in [0.25, 0.3) is 0 Å². The predicted octanol–water partition coefficient (Wildman–Crippen LogP) is 1.77. The Labute approximate surface area is 127 Å². The molecule has 120 valence electrons. The average molecular weight is 296 g/mol. The zero-order valence-corrected chi connectivity index (χ0v) is 13.4. The third-order valence-electron chi connectivity index (χ3n) is 4.11. The van der Waals surface area contributed by atoms with Gasteiger partial charge in [0.05, 0.1) is 6.61 Å². The lowest BCUT2D eigenvalue weighted by molar-refractivity contribution is -0.0450. The van der Waals surface area contributed by atoms with E-state index in [1.54, 1.807) is 0 Å². The number of morpholine rings is 1. The lowest BCUT2D eigenvalue weighted by atomic mass is 10.0. The van der Waals surface area contributed by atoms with Gasteiger partial charge < -0.3 is 15.0 Å². The summed E-state index contributed by atoms with van der Waals surface area (Å²) < 4.78 is 11.1. The Hall–Kier alpha value is -0.980. The Balaban J connectivity index is 1.87. The van der Waals surface area contributed by atoms with Crippen LogP contribution in [0.15, 0.2) is 4.52 Å². The second kappa shape index (κ2) is 7.87. The molecule has 2 atom stereocenters. The maximum absolute atomic E-state index is 5.78. The van der Waals surface area contributed by atoms with Crippen LogP contribution in [0.1, 0.15) is 51.4 Å². The van der Waals surface area contributed by atoms with E-state index in [1.807, 2.05) is 0 Å². The van der Waals surface area contributed by atoms with Gasteiger partial charge >= 0.3 is 0 Å². The predicted molar refractivity (Wildman–Crippen MR) is 80.9 cm³/mol. The topological polar surface area (TPSA) is 77.4 Å². The van der Waals surface area contributed by atoms with Crippen molar-refractivity contribution in [2.75, 3.05) is 26.2 Å². The summed E-state index contributed by atoms with van der Waals surface area (Å²) >= 11 is 0. The maximum Gasteiger partial charge on any atom is 0.226 e. The summed E-state index contributed by atoms with van der Waals surface area (Å²) in [6, 6.07) is 0.514. The van der Waals surface area contributed by atoms with Crippen LogP contribution in [-0.4, -0.2) is 47.3 Å². The summed E-state index contributed by atoms with van der Waals surface area (Å²) in [6.45, 7) is 9.85. The van der Waals surface area contributed by atoms with Gasteiger partial charge in [-0.15, -0.1) is 0 Å². The zero-order valence-electron chi connectivity index (χ0n) is 13.4. The zero-order chi connectivity index (χ0) is 15.2. The minimum atomic E-state index is -0.0693. The fraction of sp³-hybridized carbons (Fsp3) is 0.867. The normalized spacial score (nSPS) is 21.9. The number of aromatic nitrogens is 2. The number of aryl methyl sites for hydroxylation is 1. The number of hydrogen-bond donors (Lipinski definition) is 1. The van der Waals surface area contributed by atoms with Crippen LogP contribution in [-0.2, 0) is 11.2 Å². The molecule has 1 aromatic rings. The average Bonchev–Trinajstić information content (AvgIpc) is 2.94. The SMILES string of the molecule is CC(CCN)CCc1nc(C2CN(C(C)C)CCO2)no1. The minimum absolute atomic E-state index is 0.0693. The molecule has 2 N–H and O–H groups in total. The highest BCUT2D eigenvalue weighted by Crippen LogP contribution is 2.21. The van der Waals surface area contributed by atoms with Crippen molar-refractivity contribution in [3.8, 4) is 0 Å². The molecule has 0 aliphatic carbocycles. The molecule has 0 bridgehead atoms. The van der Waals surface area contributed by atoms with Gasteiger partial charge in [0.2, 0.25) is 11.7 Å². The molecular weight excluding hydrogens is 268 g/mol. The lowest BCUT2D eigenvalue weighted by Gasteiger charge is -2.34. The summed E-state index contributed by atoms with van der Waals surface area (Å²) in [4.78, 5) is 6.88. The quantitative estimate of drug-likeness (QED) is 0.826. The van der Waals surface area contributed by atoms with Gasteiger partial charge in [-0.1, -0.05) is 12.1 Å². The molecule has 1 aliphatic heterocycles. The Morgan fingerprint density at radius 1 is 1.33 bits per heavy atom. The molecule has 1 aromatic heterocycles. The highest BCUT2D eigenvalue weighted by Gasteiger charge is 2.27. The number of hydrogen-bond acceptors (Lipinski definition) is 6. The van der Waals surface area contributed by atoms with Crippen LogP contribution in [0.3, 0.4) is 0 Å². The molecule has 0 spiro atoms. The summed E-state index contributed by atoms with van der Waals surface area (Å²) in [5, 5.41) is 4.10. The van der Waals surface area contributed by atoms with Gasteiger partial charge in [-0.2, -0.15) is 4.98 Å². The summed E-state index contributed by atoms with van der Waals surface area (Å²) in [5.74, 6) is 1.98. The van der Waals surface area contributed by atoms with Crippen molar-refractivity contribution in [2.24, 2.45) is 11.7 Å². The smallest absolute Gasteiger partial charge is 0.226 e. The Morgan fingerprint density at radius 3 is 2.86 bits per heavy atom. The van der Waals surface area contributed by atoms with Crippen molar-refractivity contribution in [2.45, 2.75) is 52.2 Å². The van der Waals surface area contributed by atoms with Gasteiger partial charge in [0.15, 0.2) is 0 Å². The first-order valence-electron chi connectivity index (χ1n) is 7.98. The van der Waals surface area contributed by atoms with Crippen LogP contribution in [0.5, 0.6) is 0 Å². The van der Waals surface area contributed by atoms with Crippen molar-refractivity contribution in [3.05, 3.63) is 11.7 Å². The van der Waals surface area contributed by atoms with E-state index in [4.69, 9.17) is 15.0 Å². The van der Waals surface area contributed by atoms with E-state index in [9.17, 15) is 0 Å².